The third-order valence-electron chi connectivity index (χ3n) is 1.79. The second-order valence-corrected chi connectivity index (χ2v) is 2.75. The van der Waals surface area contributed by atoms with Crippen molar-refractivity contribution < 1.29 is 14.6 Å². The molecule has 0 saturated heterocycles. The Morgan fingerprint density at radius 2 is 2.21 bits per heavy atom. The number of allylic oxidation sites excluding steroid dienone is 2. The van der Waals surface area contributed by atoms with E-state index in [9.17, 15) is 9.90 Å². The fourth-order valence-corrected chi connectivity index (χ4v) is 1.08. The smallest absolute Gasteiger partial charge is 0.189 e. The molecule has 0 amide bonds. The normalized spacial score (nSPS) is 10.4. The highest BCUT2D eigenvalue weighted by atomic mass is 16.5. The van der Waals surface area contributed by atoms with Gasteiger partial charge in [-0.25, -0.2) is 0 Å². The Hall–Kier alpha value is -1.77. The van der Waals surface area contributed by atoms with E-state index in [1.807, 2.05) is 0 Å². The Morgan fingerprint density at radius 1 is 1.50 bits per heavy atom. The molecule has 0 bridgehead atoms. The first-order valence-corrected chi connectivity index (χ1v) is 4.23. The van der Waals surface area contributed by atoms with Gasteiger partial charge in [-0.05, 0) is 31.2 Å². The summed E-state index contributed by atoms with van der Waals surface area (Å²) in [7, 11) is 1.51. The predicted octanol–water partition coefficient (Wildman–Crippen LogP) is 2.16. The molecule has 0 fully saturated rings. The summed E-state index contributed by atoms with van der Waals surface area (Å²) in [5.41, 5.74) is 0.252. The Balaban J connectivity index is 3.12. The van der Waals surface area contributed by atoms with Crippen LogP contribution in [0.5, 0.6) is 11.5 Å². The van der Waals surface area contributed by atoms with Crippen molar-refractivity contribution in [3.05, 3.63) is 35.9 Å². The van der Waals surface area contributed by atoms with Crippen molar-refractivity contribution in [3.8, 4) is 11.5 Å². The van der Waals surface area contributed by atoms with Gasteiger partial charge in [-0.2, -0.15) is 0 Å². The molecule has 74 valence electrons. The van der Waals surface area contributed by atoms with Crippen LogP contribution >= 0.6 is 0 Å². The summed E-state index contributed by atoms with van der Waals surface area (Å²) in [5.74, 6) is 0.286. The largest absolute Gasteiger partial charge is 0.507 e. The summed E-state index contributed by atoms with van der Waals surface area (Å²) in [6, 6.07) is 4.55. The molecule has 3 heteroatoms. The molecule has 1 rings (SSSR count). The molecule has 0 radical (unpaired) electrons. The zero-order valence-electron chi connectivity index (χ0n) is 8.15. The van der Waals surface area contributed by atoms with Gasteiger partial charge >= 0.3 is 0 Å². The Kier molecular flexibility index (Phi) is 3.29. The average Bonchev–Trinajstić information content (AvgIpc) is 2.19. The molecule has 1 aromatic carbocycles. The highest BCUT2D eigenvalue weighted by Gasteiger charge is 2.08. The highest BCUT2D eigenvalue weighted by molar-refractivity contribution is 6.06. The van der Waals surface area contributed by atoms with Crippen molar-refractivity contribution in [2.45, 2.75) is 6.92 Å². The van der Waals surface area contributed by atoms with E-state index in [-0.39, 0.29) is 17.1 Å². The lowest BCUT2D eigenvalue weighted by Gasteiger charge is -2.03. The molecule has 0 aromatic heterocycles. The quantitative estimate of drug-likeness (QED) is 0.589. The molecule has 0 heterocycles. The fraction of sp³-hybridized carbons (Fsp3) is 0.182. The third-order valence-corrected chi connectivity index (χ3v) is 1.79. The number of aromatic hydroxyl groups is 1. The van der Waals surface area contributed by atoms with Crippen molar-refractivity contribution in [1.29, 1.82) is 0 Å². The maximum absolute atomic E-state index is 11.4. The molecule has 0 unspecified atom stereocenters. The number of rotatable bonds is 3. The van der Waals surface area contributed by atoms with Gasteiger partial charge in [0, 0.05) is 0 Å². The lowest BCUT2D eigenvalue weighted by molar-refractivity contribution is 0.104. The second kappa shape index (κ2) is 4.46. The number of ketones is 1. The minimum absolute atomic E-state index is 0.0334. The number of methoxy groups -OCH3 is 1. The van der Waals surface area contributed by atoms with E-state index in [0.29, 0.717) is 5.75 Å². The molecular weight excluding hydrogens is 180 g/mol. The number of hydrogen-bond donors (Lipinski definition) is 1. The third kappa shape index (κ3) is 2.13. The summed E-state index contributed by atoms with van der Waals surface area (Å²) in [4.78, 5) is 11.4. The molecule has 1 N–H and O–H groups in total. The molecule has 0 atom stereocenters. The van der Waals surface area contributed by atoms with Crippen molar-refractivity contribution in [1.82, 2.24) is 0 Å². The first-order chi connectivity index (χ1) is 6.69. The summed E-state index contributed by atoms with van der Waals surface area (Å²) in [6.07, 6.45) is 3.02. The summed E-state index contributed by atoms with van der Waals surface area (Å²) < 4.78 is 4.95. The van der Waals surface area contributed by atoms with Crippen LogP contribution in [0.25, 0.3) is 0 Å². The standard InChI is InChI=1S/C11H12O3/c1-3-4-10(12)9-7-8(14-2)5-6-11(9)13/h3-7,13H,1-2H3/b4-3+. The van der Waals surface area contributed by atoms with Gasteiger partial charge in [-0.1, -0.05) is 6.08 Å². The van der Waals surface area contributed by atoms with E-state index in [1.54, 1.807) is 19.1 Å². The van der Waals surface area contributed by atoms with Crippen LogP contribution in [0.15, 0.2) is 30.4 Å². The van der Waals surface area contributed by atoms with Crippen LogP contribution in [0, 0.1) is 0 Å². The number of phenols is 1. The number of carbonyl (C=O) groups excluding carboxylic acids is 1. The highest BCUT2D eigenvalue weighted by Crippen LogP contribution is 2.23. The summed E-state index contributed by atoms with van der Waals surface area (Å²) >= 11 is 0. The minimum Gasteiger partial charge on any atom is -0.507 e. The van der Waals surface area contributed by atoms with E-state index >= 15 is 0 Å². The van der Waals surface area contributed by atoms with Crippen molar-refractivity contribution in [3.63, 3.8) is 0 Å². The maximum atomic E-state index is 11.4. The second-order valence-electron chi connectivity index (χ2n) is 2.75. The van der Waals surface area contributed by atoms with E-state index in [2.05, 4.69) is 0 Å². The van der Waals surface area contributed by atoms with Gasteiger partial charge in [0.05, 0.1) is 12.7 Å². The van der Waals surface area contributed by atoms with Crippen LogP contribution in [-0.2, 0) is 0 Å². The molecule has 0 aliphatic carbocycles. The SMILES string of the molecule is C/C=C/C(=O)c1cc(OC)ccc1O. The summed E-state index contributed by atoms with van der Waals surface area (Å²) in [5, 5.41) is 9.42. The lowest BCUT2D eigenvalue weighted by Crippen LogP contribution is -1.95. The number of hydrogen-bond acceptors (Lipinski definition) is 3. The molecule has 3 nitrogen and oxygen atoms in total. The molecular formula is C11H12O3. The summed E-state index contributed by atoms with van der Waals surface area (Å²) in [6.45, 7) is 1.75. The van der Waals surface area contributed by atoms with E-state index in [0.717, 1.165) is 0 Å². The lowest BCUT2D eigenvalue weighted by atomic mass is 10.1. The predicted molar refractivity (Wildman–Crippen MR) is 53.8 cm³/mol. The van der Waals surface area contributed by atoms with Gasteiger partial charge in [0.2, 0.25) is 0 Å². The molecule has 0 spiro atoms. The van der Waals surface area contributed by atoms with Crippen LogP contribution in [0.3, 0.4) is 0 Å². The molecule has 0 aliphatic heterocycles. The van der Waals surface area contributed by atoms with Gasteiger partial charge in [-0.15, -0.1) is 0 Å². The van der Waals surface area contributed by atoms with Crippen LogP contribution in [0.4, 0.5) is 0 Å². The minimum atomic E-state index is -0.232. The van der Waals surface area contributed by atoms with Gasteiger partial charge in [0.25, 0.3) is 0 Å². The van der Waals surface area contributed by atoms with Gasteiger partial charge < -0.3 is 9.84 Å². The Labute approximate surface area is 82.6 Å². The molecule has 0 saturated carbocycles. The first kappa shape index (κ1) is 10.3. The average molecular weight is 192 g/mol. The maximum Gasteiger partial charge on any atom is 0.189 e. The van der Waals surface area contributed by atoms with E-state index < -0.39 is 0 Å². The van der Waals surface area contributed by atoms with Crippen LogP contribution in [0.2, 0.25) is 0 Å². The molecule has 0 aliphatic rings. The van der Waals surface area contributed by atoms with Crippen LogP contribution in [-0.4, -0.2) is 18.0 Å². The van der Waals surface area contributed by atoms with Crippen LogP contribution < -0.4 is 4.74 Å². The zero-order chi connectivity index (χ0) is 10.6. The van der Waals surface area contributed by atoms with Crippen molar-refractivity contribution in [2.24, 2.45) is 0 Å². The topological polar surface area (TPSA) is 46.5 Å². The Bertz CT molecular complexity index is 367. The Morgan fingerprint density at radius 3 is 2.79 bits per heavy atom. The number of ether oxygens (including phenoxy) is 1. The van der Waals surface area contributed by atoms with Crippen molar-refractivity contribution >= 4 is 5.78 Å². The zero-order valence-corrected chi connectivity index (χ0v) is 8.15. The van der Waals surface area contributed by atoms with Crippen LogP contribution in [0.1, 0.15) is 17.3 Å². The van der Waals surface area contributed by atoms with E-state index in [4.69, 9.17) is 4.74 Å². The first-order valence-electron chi connectivity index (χ1n) is 4.23. The monoisotopic (exact) mass is 192 g/mol. The fourth-order valence-electron chi connectivity index (χ4n) is 1.08. The molecule has 1 aromatic rings. The molecule has 14 heavy (non-hydrogen) atoms. The van der Waals surface area contributed by atoms with Gasteiger partial charge in [0.1, 0.15) is 11.5 Å². The van der Waals surface area contributed by atoms with Gasteiger partial charge in [-0.3, -0.25) is 4.79 Å². The number of phenolic OH excluding ortho intramolecular Hbond substituents is 1. The number of carbonyl (C=O) groups is 1. The van der Waals surface area contributed by atoms with Crippen molar-refractivity contribution in [2.75, 3.05) is 7.11 Å². The van der Waals surface area contributed by atoms with E-state index in [1.165, 1.54) is 25.3 Å². The van der Waals surface area contributed by atoms with Gasteiger partial charge in [0.15, 0.2) is 5.78 Å². The number of benzene rings is 1.